The van der Waals surface area contributed by atoms with Crippen LogP contribution >= 0.6 is 0 Å². The molecule has 146 valence electrons. The van der Waals surface area contributed by atoms with Crippen LogP contribution in [0.1, 0.15) is 43.0 Å². The lowest BCUT2D eigenvalue weighted by Crippen LogP contribution is -2.33. The standard InChI is InChI=1S/C17H27N3O5S/c1-2-3-7-20-14-8-13(17(21)22)9-15(26(18,23)24)16(14)25-11-12-5-4-6-19-10-12/h8-9,12,19-20H,2-7,10-11H2,1H3,(H,21,22)(H2,18,23,24). The summed E-state index contributed by atoms with van der Waals surface area (Å²) in [5.41, 5.74) is 0.186. The third kappa shape index (κ3) is 5.58. The fraction of sp³-hybridized carbons (Fsp3) is 0.588. The van der Waals surface area contributed by atoms with Gasteiger partial charge in [-0.25, -0.2) is 18.4 Å². The van der Waals surface area contributed by atoms with Crippen LogP contribution in [-0.4, -0.2) is 45.7 Å². The number of piperidine rings is 1. The Kier molecular flexibility index (Phi) is 7.24. The average Bonchev–Trinajstić information content (AvgIpc) is 2.60. The largest absolute Gasteiger partial charge is 0.490 e. The second-order valence-electron chi connectivity index (χ2n) is 6.50. The van der Waals surface area contributed by atoms with Crippen LogP contribution in [0, 0.1) is 5.92 Å². The van der Waals surface area contributed by atoms with Gasteiger partial charge in [-0.05, 0) is 37.9 Å². The van der Waals surface area contributed by atoms with Gasteiger partial charge in [-0.15, -0.1) is 0 Å². The Morgan fingerprint density at radius 1 is 1.46 bits per heavy atom. The number of hydrogen-bond acceptors (Lipinski definition) is 6. The van der Waals surface area contributed by atoms with Gasteiger partial charge >= 0.3 is 5.97 Å². The number of primary sulfonamides is 1. The van der Waals surface area contributed by atoms with Gasteiger partial charge in [0.25, 0.3) is 0 Å². The lowest BCUT2D eigenvalue weighted by atomic mass is 10.0. The summed E-state index contributed by atoms with van der Waals surface area (Å²) in [6.45, 7) is 4.71. The van der Waals surface area contributed by atoms with Gasteiger partial charge in [-0.1, -0.05) is 13.3 Å². The van der Waals surface area contributed by atoms with Gasteiger partial charge in [0, 0.05) is 19.0 Å². The van der Waals surface area contributed by atoms with E-state index in [0.717, 1.165) is 44.8 Å². The molecule has 0 spiro atoms. The van der Waals surface area contributed by atoms with Crippen molar-refractivity contribution in [3.63, 3.8) is 0 Å². The number of ether oxygens (including phenoxy) is 1. The van der Waals surface area contributed by atoms with Gasteiger partial charge < -0.3 is 20.5 Å². The van der Waals surface area contributed by atoms with Crippen LogP contribution in [0.25, 0.3) is 0 Å². The van der Waals surface area contributed by atoms with Crippen molar-refractivity contribution in [3.8, 4) is 5.75 Å². The van der Waals surface area contributed by atoms with Gasteiger partial charge in [0.05, 0.1) is 17.9 Å². The fourth-order valence-electron chi connectivity index (χ4n) is 2.88. The first-order valence-electron chi connectivity index (χ1n) is 8.84. The van der Waals surface area contributed by atoms with E-state index in [1.165, 1.54) is 6.07 Å². The van der Waals surface area contributed by atoms with E-state index >= 15 is 0 Å². The molecule has 26 heavy (non-hydrogen) atoms. The molecule has 0 radical (unpaired) electrons. The highest BCUT2D eigenvalue weighted by molar-refractivity contribution is 7.89. The molecule has 1 aromatic carbocycles. The zero-order valence-corrected chi connectivity index (χ0v) is 15.8. The molecule has 1 aliphatic heterocycles. The maximum absolute atomic E-state index is 12.0. The zero-order chi connectivity index (χ0) is 19.2. The average molecular weight is 385 g/mol. The van der Waals surface area contributed by atoms with Gasteiger partial charge in [-0.2, -0.15) is 0 Å². The summed E-state index contributed by atoms with van der Waals surface area (Å²) >= 11 is 0. The number of carboxylic acid groups (broad SMARTS) is 1. The molecule has 8 nitrogen and oxygen atoms in total. The third-order valence-electron chi connectivity index (χ3n) is 4.32. The molecule has 0 saturated carbocycles. The first kappa shape index (κ1) is 20.5. The summed E-state index contributed by atoms with van der Waals surface area (Å²) in [7, 11) is -4.14. The molecule has 1 heterocycles. The zero-order valence-electron chi connectivity index (χ0n) is 15.0. The number of nitrogens with one attached hydrogen (secondary N) is 2. The maximum Gasteiger partial charge on any atom is 0.335 e. The lowest BCUT2D eigenvalue weighted by molar-refractivity contribution is 0.0696. The molecule has 0 aliphatic carbocycles. The van der Waals surface area contributed by atoms with Crippen LogP contribution in [0.4, 0.5) is 5.69 Å². The summed E-state index contributed by atoms with van der Waals surface area (Å²) < 4.78 is 29.9. The number of benzene rings is 1. The van der Waals surface area contributed by atoms with Crippen molar-refractivity contribution in [2.24, 2.45) is 11.1 Å². The van der Waals surface area contributed by atoms with Crippen LogP contribution in [0.3, 0.4) is 0 Å². The number of anilines is 1. The Bertz CT molecular complexity index is 730. The maximum atomic E-state index is 12.0. The predicted octanol–water partition coefficient (Wildman–Crippen LogP) is 1.62. The Morgan fingerprint density at radius 2 is 2.23 bits per heavy atom. The van der Waals surface area contributed by atoms with E-state index < -0.39 is 16.0 Å². The topological polar surface area (TPSA) is 131 Å². The molecule has 1 aromatic rings. The minimum absolute atomic E-state index is 0.0965. The van der Waals surface area contributed by atoms with E-state index in [9.17, 15) is 18.3 Å². The van der Waals surface area contributed by atoms with Crippen molar-refractivity contribution in [2.45, 2.75) is 37.5 Å². The monoisotopic (exact) mass is 385 g/mol. The van der Waals surface area contributed by atoms with Crippen molar-refractivity contribution < 1.29 is 23.1 Å². The summed E-state index contributed by atoms with van der Waals surface area (Å²) in [6, 6.07) is 2.44. The molecular weight excluding hydrogens is 358 g/mol. The first-order valence-corrected chi connectivity index (χ1v) is 10.4. The molecular formula is C17H27N3O5S. The third-order valence-corrected chi connectivity index (χ3v) is 5.23. The highest BCUT2D eigenvalue weighted by Crippen LogP contribution is 2.34. The van der Waals surface area contributed by atoms with Crippen LogP contribution in [0.2, 0.25) is 0 Å². The van der Waals surface area contributed by atoms with Crippen molar-refractivity contribution in [3.05, 3.63) is 17.7 Å². The summed E-state index contributed by atoms with van der Waals surface area (Å²) in [4.78, 5) is 11.1. The summed E-state index contributed by atoms with van der Waals surface area (Å²) in [5.74, 6) is -0.865. The second kappa shape index (κ2) is 9.20. The highest BCUT2D eigenvalue weighted by Gasteiger charge is 2.24. The normalized spacial score (nSPS) is 17.7. The van der Waals surface area contributed by atoms with Crippen LogP contribution in [0.15, 0.2) is 17.0 Å². The Balaban J connectivity index is 2.36. The summed E-state index contributed by atoms with van der Waals surface area (Å²) in [6.07, 6.45) is 3.82. The Labute approximate surface area is 154 Å². The SMILES string of the molecule is CCCCNc1cc(C(=O)O)cc(S(N)(=O)=O)c1OCC1CCCNC1. The van der Waals surface area contributed by atoms with Gasteiger partial charge in [-0.3, -0.25) is 0 Å². The van der Waals surface area contributed by atoms with E-state index in [-0.39, 0.29) is 22.1 Å². The molecule has 1 aliphatic rings. The quantitative estimate of drug-likeness (QED) is 0.475. The van der Waals surface area contributed by atoms with Crippen molar-refractivity contribution in [1.29, 1.82) is 0 Å². The molecule has 0 aromatic heterocycles. The number of hydrogen-bond donors (Lipinski definition) is 4. The molecule has 9 heteroatoms. The number of unbranched alkanes of at least 4 members (excludes halogenated alkanes) is 1. The van der Waals surface area contributed by atoms with E-state index in [2.05, 4.69) is 10.6 Å². The van der Waals surface area contributed by atoms with Gasteiger partial charge in [0.2, 0.25) is 10.0 Å². The number of carbonyl (C=O) groups is 1. The molecule has 5 N–H and O–H groups in total. The van der Waals surface area contributed by atoms with E-state index in [0.29, 0.717) is 18.8 Å². The Morgan fingerprint density at radius 3 is 2.81 bits per heavy atom. The minimum atomic E-state index is -4.14. The number of rotatable bonds is 9. The lowest BCUT2D eigenvalue weighted by Gasteiger charge is -2.24. The molecule has 0 bridgehead atoms. The van der Waals surface area contributed by atoms with Crippen molar-refractivity contribution in [1.82, 2.24) is 5.32 Å². The van der Waals surface area contributed by atoms with E-state index in [1.807, 2.05) is 6.92 Å². The smallest absolute Gasteiger partial charge is 0.335 e. The molecule has 0 amide bonds. The molecule has 2 rings (SSSR count). The minimum Gasteiger partial charge on any atom is -0.490 e. The highest BCUT2D eigenvalue weighted by atomic mass is 32.2. The molecule has 1 atom stereocenters. The van der Waals surface area contributed by atoms with Crippen molar-refractivity contribution in [2.75, 3.05) is 31.6 Å². The number of aromatic carboxylic acids is 1. The number of carboxylic acids is 1. The molecule has 1 saturated heterocycles. The second-order valence-corrected chi connectivity index (χ2v) is 8.03. The summed E-state index contributed by atoms with van der Waals surface area (Å²) in [5, 5.41) is 21.0. The van der Waals surface area contributed by atoms with Crippen LogP contribution in [0.5, 0.6) is 5.75 Å². The predicted molar refractivity (Wildman–Crippen MR) is 99.3 cm³/mol. The first-order chi connectivity index (χ1) is 12.3. The van der Waals surface area contributed by atoms with Crippen molar-refractivity contribution >= 4 is 21.7 Å². The van der Waals surface area contributed by atoms with Gasteiger partial charge in [0.1, 0.15) is 4.90 Å². The van der Waals surface area contributed by atoms with Gasteiger partial charge in [0.15, 0.2) is 5.75 Å². The number of nitrogens with two attached hydrogens (primary N) is 1. The molecule has 1 fully saturated rings. The van der Waals surface area contributed by atoms with Crippen LogP contribution < -0.4 is 20.5 Å². The molecule has 1 unspecified atom stereocenters. The Hall–Kier alpha value is -1.84. The van der Waals surface area contributed by atoms with E-state index in [4.69, 9.17) is 9.88 Å². The van der Waals surface area contributed by atoms with Crippen LogP contribution in [-0.2, 0) is 10.0 Å². The fourth-order valence-corrected chi connectivity index (χ4v) is 3.60. The number of sulfonamides is 1. The van der Waals surface area contributed by atoms with E-state index in [1.54, 1.807) is 0 Å².